The number of hydrogen-bond donors (Lipinski definition) is 1. The van der Waals surface area contributed by atoms with Gasteiger partial charge in [0.2, 0.25) is 5.91 Å². The van der Waals surface area contributed by atoms with Gasteiger partial charge in [-0.2, -0.15) is 0 Å². The zero-order chi connectivity index (χ0) is 16.4. The Bertz CT molecular complexity index is 624. The Morgan fingerprint density at radius 1 is 1.26 bits per heavy atom. The van der Waals surface area contributed by atoms with Crippen molar-refractivity contribution in [3.05, 3.63) is 24.0 Å². The van der Waals surface area contributed by atoms with Gasteiger partial charge in [0.25, 0.3) is 5.91 Å². The van der Waals surface area contributed by atoms with Crippen molar-refractivity contribution in [3.63, 3.8) is 0 Å². The molecule has 1 N–H and O–H groups in total. The van der Waals surface area contributed by atoms with Crippen LogP contribution in [-0.2, 0) is 9.59 Å². The first-order valence-corrected chi connectivity index (χ1v) is 7.58. The smallest absolute Gasteiger partial charge is 0.325 e. The summed E-state index contributed by atoms with van der Waals surface area (Å²) >= 11 is 0. The highest BCUT2D eigenvalue weighted by Crippen LogP contribution is 2.19. The second-order valence-corrected chi connectivity index (χ2v) is 5.67. The summed E-state index contributed by atoms with van der Waals surface area (Å²) in [7, 11) is 0. The zero-order valence-corrected chi connectivity index (χ0v) is 13.0. The number of urea groups is 1. The predicted octanol–water partition coefficient (Wildman–Crippen LogP) is -0.410. The molecule has 0 radical (unpaired) electrons. The van der Waals surface area contributed by atoms with Crippen LogP contribution in [0.15, 0.2) is 18.5 Å². The lowest BCUT2D eigenvalue weighted by atomic mass is 10.2. The number of aryl methyl sites for hydroxylation is 1. The number of nitrogens with one attached hydrogen (secondary N) is 1. The molecule has 0 spiro atoms. The van der Waals surface area contributed by atoms with Crippen LogP contribution in [0.5, 0.6) is 0 Å². The van der Waals surface area contributed by atoms with Gasteiger partial charge in [-0.15, -0.1) is 0 Å². The molecular weight excluding hydrogens is 298 g/mol. The van der Waals surface area contributed by atoms with Crippen molar-refractivity contribution in [1.82, 2.24) is 20.1 Å². The molecule has 2 aliphatic heterocycles. The van der Waals surface area contributed by atoms with E-state index in [1.54, 1.807) is 11.1 Å². The van der Waals surface area contributed by atoms with Crippen molar-refractivity contribution in [2.45, 2.75) is 6.92 Å². The van der Waals surface area contributed by atoms with Gasteiger partial charge in [0, 0.05) is 44.3 Å². The highest BCUT2D eigenvalue weighted by Gasteiger charge is 2.32. The molecule has 122 valence electrons. The normalized spacial score (nSPS) is 18.4. The van der Waals surface area contributed by atoms with E-state index in [4.69, 9.17) is 0 Å². The lowest BCUT2D eigenvalue weighted by molar-refractivity contribution is -0.136. The van der Waals surface area contributed by atoms with Crippen molar-refractivity contribution in [2.75, 3.05) is 44.2 Å². The van der Waals surface area contributed by atoms with E-state index in [2.05, 4.69) is 15.2 Å². The molecule has 0 atom stereocenters. The van der Waals surface area contributed by atoms with Gasteiger partial charge >= 0.3 is 6.03 Å². The minimum atomic E-state index is -0.491. The molecule has 2 saturated heterocycles. The quantitative estimate of drug-likeness (QED) is 0.766. The third-order valence-electron chi connectivity index (χ3n) is 4.19. The molecule has 2 aliphatic rings. The Kier molecular flexibility index (Phi) is 4.14. The van der Waals surface area contributed by atoms with Gasteiger partial charge in [-0.3, -0.25) is 19.5 Å². The lowest BCUT2D eigenvalue weighted by Gasteiger charge is -2.37. The van der Waals surface area contributed by atoms with Gasteiger partial charge in [0.1, 0.15) is 6.54 Å². The summed E-state index contributed by atoms with van der Waals surface area (Å²) in [6, 6.07) is 1.48. The molecular formula is C15H19N5O3. The van der Waals surface area contributed by atoms with Crippen LogP contribution in [0.3, 0.4) is 0 Å². The molecule has 3 rings (SSSR count). The maximum absolute atomic E-state index is 12.3. The van der Waals surface area contributed by atoms with Crippen molar-refractivity contribution in [2.24, 2.45) is 0 Å². The number of imide groups is 1. The van der Waals surface area contributed by atoms with E-state index >= 15 is 0 Å². The van der Waals surface area contributed by atoms with Gasteiger partial charge < -0.3 is 15.1 Å². The SMILES string of the molecule is Cc1cnccc1N1CCN(C(=O)CN2C(=O)CNC2=O)CC1. The highest BCUT2D eigenvalue weighted by atomic mass is 16.2. The van der Waals surface area contributed by atoms with E-state index in [1.165, 1.54) is 0 Å². The number of aromatic nitrogens is 1. The standard InChI is InChI=1S/C15H19N5O3/c1-11-8-16-3-2-12(11)18-4-6-19(7-5-18)14(22)10-20-13(21)9-17-15(20)23/h2-3,8H,4-7,9-10H2,1H3,(H,17,23). The van der Waals surface area contributed by atoms with Gasteiger partial charge in [0.15, 0.2) is 0 Å². The van der Waals surface area contributed by atoms with E-state index in [-0.39, 0.29) is 24.9 Å². The number of amides is 4. The van der Waals surface area contributed by atoms with Crippen LogP contribution in [-0.4, -0.2) is 71.9 Å². The summed E-state index contributed by atoms with van der Waals surface area (Å²) in [6.07, 6.45) is 3.59. The van der Waals surface area contributed by atoms with Gasteiger partial charge in [-0.05, 0) is 18.6 Å². The first-order chi connectivity index (χ1) is 11.1. The van der Waals surface area contributed by atoms with Crippen LogP contribution in [0.1, 0.15) is 5.56 Å². The number of pyridine rings is 1. The second-order valence-electron chi connectivity index (χ2n) is 5.67. The maximum Gasteiger partial charge on any atom is 0.325 e. The molecule has 2 fully saturated rings. The molecule has 8 nitrogen and oxygen atoms in total. The lowest BCUT2D eigenvalue weighted by Crippen LogP contribution is -2.52. The molecule has 1 aromatic rings. The van der Waals surface area contributed by atoms with Crippen LogP contribution in [0, 0.1) is 6.92 Å². The van der Waals surface area contributed by atoms with E-state index in [0.717, 1.165) is 29.2 Å². The number of hydrogen-bond acceptors (Lipinski definition) is 5. The van der Waals surface area contributed by atoms with Gasteiger partial charge in [0.05, 0.1) is 6.54 Å². The van der Waals surface area contributed by atoms with E-state index in [0.29, 0.717) is 13.1 Å². The fourth-order valence-corrected chi connectivity index (χ4v) is 2.87. The zero-order valence-electron chi connectivity index (χ0n) is 13.0. The molecule has 4 amide bonds. The molecule has 0 unspecified atom stereocenters. The minimum absolute atomic E-state index is 0.0266. The third-order valence-corrected chi connectivity index (χ3v) is 4.19. The van der Waals surface area contributed by atoms with Crippen LogP contribution < -0.4 is 10.2 Å². The van der Waals surface area contributed by atoms with Crippen LogP contribution in [0.2, 0.25) is 0 Å². The molecule has 8 heteroatoms. The number of rotatable bonds is 3. The summed E-state index contributed by atoms with van der Waals surface area (Å²) in [5.41, 5.74) is 2.23. The summed E-state index contributed by atoms with van der Waals surface area (Å²) in [6.45, 7) is 4.39. The van der Waals surface area contributed by atoms with Crippen LogP contribution in [0.4, 0.5) is 10.5 Å². The summed E-state index contributed by atoms with van der Waals surface area (Å²) in [5.74, 6) is -0.545. The Hall–Kier alpha value is -2.64. The molecule has 1 aromatic heterocycles. The maximum atomic E-state index is 12.3. The molecule has 0 saturated carbocycles. The minimum Gasteiger partial charge on any atom is -0.368 e. The predicted molar refractivity (Wildman–Crippen MR) is 82.9 cm³/mol. The van der Waals surface area contributed by atoms with E-state index in [9.17, 15) is 14.4 Å². The number of piperazine rings is 1. The topological polar surface area (TPSA) is 85.8 Å². The summed E-state index contributed by atoms with van der Waals surface area (Å²) in [4.78, 5) is 44.3. The van der Waals surface area contributed by atoms with E-state index in [1.807, 2.05) is 19.2 Å². The van der Waals surface area contributed by atoms with Crippen LogP contribution >= 0.6 is 0 Å². The van der Waals surface area contributed by atoms with Crippen molar-refractivity contribution >= 4 is 23.5 Å². The van der Waals surface area contributed by atoms with Gasteiger partial charge in [-0.1, -0.05) is 0 Å². The molecule has 23 heavy (non-hydrogen) atoms. The van der Waals surface area contributed by atoms with Crippen LogP contribution in [0.25, 0.3) is 0 Å². The first kappa shape index (κ1) is 15.3. The fraction of sp³-hybridized carbons (Fsp3) is 0.467. The largest absolute Gasteiger partial charge is 0.368 e. The Labute approximate surface area is 134 Å². The third kappa shape index (κ3) is 3.10. The highest BCUT2D eigenvalue weighted by molar-refractivity contribution is 6.04. The Balaban J connectivity index is 1.56. The first-order valence-electron chi connectivity index (χ1n) is 7.58. The fourth-order valence-electron chi connectivity index (χ4n) is 2.87. The molecule has 0 aliphatic carbocycles. The summed E-state index contributed by atoms with van der Waals surface area (Å²) < 4.78 is 0. The average Bonchev–Trinajstić information content (AvgIpc) is 2.87. The number of carbonyl (C=O) groups excluding carboxylic acids is 3. The van der Waals surface area contributed by atoms with Crippen molar-refractivity contribution in [3.8, 4) is 0 Å². The van der Waals surface area contributed by atoms with Gasteiger partial charge in [-0.25, -0.2) is 4.79 Å². The summed E-state index contributed by atoms with van der Waals surface area (Å²) in [5, 5.41) is 2.42. The number of carbonyl (C=O) groups is 3. The number of anilines is 1. The molecule has 0 bridgehead atoms. The molecule has 0 aromatic carbocycles. The second kappa shape index (κ2) is 6.23. The number of nitrogens with zero attached hydrogens (tertiary/aromatic N) is 4. The monoisotopic (exact) mass is 317 g/mol. The molecule has 3 heterocycles. The average molecular weight is 317 g/mol. The van der Waals surface area contributed by atoms with E-state index < -0.39 is 6.03 Å². The Morgan fingerprint density at radius 3 is 2.61 bits per heavy atom. The van der Waals surface area contributed by atoms with Crippen molar-refractivity contribution < 1.29 is 14.4 Å². The Morgan fingerprint density at radius 2 is 2.00 bits per heavy atom. The van der Waals surface area contributed by atoms with Crippen molar-refractivity contribution in [1.29, 1.82) is 0 Å².